The molecule has 1 saturated heterocycles. The summed E-state index contributed by atoms with van der Waals surface area (Å²) in [5.41, 5.74) is -2.67. The Morgan fingerprint density at radius 2 is 1.55 bits per heavy atom. The minimum atomic E-state index is -1.46. The van der Waals surface area contributed by atoms with E-state index in [4.69, 9.17) is 4.74 Å². The maximum absolute atomic E-state index is 13.1. The van der Waals surface area contributed by atoms with Gasteiger partial charge in [-0.25, -0.2) is 4.79 Å². The molecule has 1 aliphatic rings. The van der Waals surface area contributed by atoms with Crippen LogP contribution in [-0.4, -0.2) is 86.9 Å². The van der Waals surface area contributed by atoms with Crippen molar-refractivity contribution < 1.29 is 34.1 Å². The molecule has 4 amide bonds. The van der Waals surface area contributed by atoms with Crippen LogP contribution in [-0.2, 0) is 25.5 Å². The highest BCUT2D eigenvalue weighted by molar-refractivity contribution is 5.97. The molecular formula is C27H42N4O7. The lowest BCUT2D eigenvalue weighted by Crippen LogP contribution is -2.65. The van der Waals surface area contributed by atoms with Crippen molar-refractivity contribution in [1.29, 1.82) is 0 Å². The number of amides is 4. The van der Waals surface area contributed by atoms with E-state index in [-0.39, 0.29) is 19.6 Å². The van der Waals surface area contributed by atoms with E-state index >= 15 is 0 Å². The van der Waals surface area contributed by atoms with Gasteiger partial charge in [0.25, 0.3) is 0 Å². The van der Waals surface area contributed by atoms with Crippen LogP contribution in [0.25, 0.3) is 0 Å². The zero-order valence-electron chi connectivity index (χ0n) is 23.3. The van der Waals surface area contributed by atoms with E-state index in [1.807, 2.05) is 30.3 Å². The fourth-order valence-corrected chi connectivity index (χ4v) is 3.96. The maximum atomic E-state index is 13.1. The first-order valence-corrected chi connectivity index (χ1v) is 12.7. The van der Waals surface area contributed by atoms with Gasteiger partial charge < -0.3 is 30.9 Å². The van der Waals surface area contributed by atoms with Crippen molar-refractivity contribution in [2.75, 3.05) is 13.2 Å². The summed E-state index contributed by atoms with van der Waals surface area (Å²) in [6, 6.07) is 7.81. The number of hydrogen-bond donors (Lipinski definition) is 5. The van der Waals surface area contributed by atoms with Crippen molar-refractivity contribution in [3.8, 4) is 0 Å². The van der Waals surface area contributed by atoms with Gasteiger partial charge in [-0.15, -0.1) is 0 Å². The first-order chi connectivity index (χ1) is 17.4. The molecule has 1 heterocycles. The molecule has 212 valence electrons. The van der Waals surface area contributed by atoms with Crippen molar-refractivity contribution in [2.45, 2.75) is 96.2 Å². The van der Waals surface area contributed by atoms with Crippen molar-refractivity contribution in [1.82, 2.24) is 20.9 Å². The third kappa shape index (κ3) is 8.70. The molecule has 0 saturated carbocycles. The highest BCUT2D eigenvalue weighted by Gasteiger charge is 2.44. The summed E-state index contributed by atoms with van der Waals surface area (Å²) in [4.78, 5) is 52.9. The van der Waals surface area contributed by atoms with E-state index in [2.05, 4.69) is 16.0 Å². The lowest BCUT2D eigenvalue weighted by molar-refractivity contribution is -0.138. The molecule has 0 spiro atoms. The van der Waals surface area contributed by atoms with Crippen molar-refractivity contribution >= 4 is 23.8 Å². The first kappa shape index (κ1) is 31.0. The maximum Gasteiger partial charge on any atom is 0.411 e. The number of aliphatic hydroxyl groups is 2. The second kappa shape index (κ2) is 12.1. The molecule has 1 aromatic rings. The molecule has 2 rings (SSSR count). The number of aliphatic hydroxyl groups excluding tert-OH is 2. The Bertz CT molecular complexity index is 1000. The van der Waals surface area contributed by atoms with E-state index in [9.17, 15) is 29.4 Å². The molecule has 1 aliphatic heterocycles. The fourth-order valence-electron chi connectivity index (χ4n) is 3.96. The Kier molecular flexibility index (Phi) is 9.90. The highest BCUT2D eigenvalue weighted by atomic mass is 16.6. The normalized spacial score (nSPS) is 18.9. The molecule has 11 nitrogen and oxygen atoms in total. The highest BCUT2D eigenvalue weighted by Crippen LogP contribution is 2.22. The van der Waals surface area contributed by atoms with Crippen LogP contribution in [0.2, 0.25) is 0 Å². The topological polar surface area (TPSA) is 157 Å². The number of ether oxygens (including phenoxy) is 1. The van der Waals surface area contributed by atoms with Gasteiger partial charge in [-0.1, -0.05) is 30.3 Å². The largest absolute Gasteiger partial charge is 0.444 e. The average Bonchev–Trinajstić information content (AvgIpc) is 3.19. The molecule has 1 aromatic carbocycles. The quantitative estimate of drug-likeness (QED) is 0.314. The van der Waals surface area contributed by atoms with Crippen LogP contribution in [0, 0.1) is 0 Å². The third-order valence-corrected chi connectivity index (χ3v) is 6.09. The zero-order chi connectivity index (χ0) is 28.9. The summed E-state index contributed by atoms with van der Waals surface area (Å²) in [5.74, 6) is -1.76. The summed E-state index contributed by atoms with van der Waals surface area (Å²) in [6.07, 6.45) is -1.23. The number of rotatable bonds is 9. The van der Waals surface area contributed by atoms with E-state index in [1.54, 1.807) is 20.8 Å². The number of carbonyl (C=O) groups is 4. The smallest absolute Gasteiger partial charge is 0.411 e. The SMILES string of the molecule is CC(C)(C)OC(=O)N1CC(O)CC1C(=O)NC(C)(C)C(=O)NC(C)(C)C(=O)NC(CO)Cc1ccccc1. The Balaban J connectivity index is 2.03. The average molecular weight is 535 g/mol. The molecular weight excluding hydrogens is 492 g/mol. The molecule has 0 bridgehead atoms. The number of likely N-dealkylation sites (tertiary alicyclic amines) is 1. The van der Waals surface area contributed by atoms with Crippen LogP contribution in [0.15, 0.2) is 30.3 Å². The van der Waals surface area contributed by atoms with Gasteiger partial charge in [0.05, 0.1) is 25.3 Å². The van der Waals surface area contributed by atoms with Gasteiger partial charge in [-0.2, -0.15) is 0 Å². The molecule has 5 N–H and O–H groups in total. The zero-order valence-corrected chi connectivity index (χ0v) is 23.3. The van der Waals surface area contributed by atoms with E-state index in [1.165, 1.54) is 27.7 Å². The molecule has 3 unspecified atom stereocenters. The van der Waals surface area contributed by atoms with Gasteiger partial charge in [-0.3, -0.25) is 19.3 Å². The number of hydrogen-bond acceptors (Lipinski definition) is 7. The first-order valence-electron chi connectivity index (χ1n) is 12.7. The van der Waals surface area contributed by atoms with Gasteiger partial charge in [0.1, 0.15) is 22.7 Å². The Labute approximate surface area is 224 Å². The molecule has 0 aliphatic carbocycles. The van der Waals surface area contributed by atoms with Gasteiger partial charge in [0.15, 0.2) is 0 Å². The molecule has 3 atom stereocenters. The predicted octanol–water partition coefficient (Wildman–Crippen LogP) is 0.866. The minimum Gasteiger partial charge on any atom is -0.444 e. The summed E-state index contributed by atoms with van der Waals surface area (Å²) < 4.78 is 5.35. The monoisotopic (exact) mass is 534 g/mol. The summed E-state index contributed by atoms with van der Waals surface area (Å²) >= 11 is 0. The third-order valence-electron chi connectivity index (χ3n) is 6.09. The van der Waals surface area contributed by atoms with Crippen LogP contribution in [0.1, 0.15) is 60.5 Å². The van der Waals surface area contributed by atoms with E-state index in [0.717, 1.165) is 10.5 Å². The molecule has 0 aromatic heterocycles. The van der Waals surface area contributed by atoms with Crippen LogP contribution >= 0.6 is 0 Å². The summed E-state index contributed by atoms with van der Waals surface area (Å²) in [7, 11) is 0. The lowest BCUT2D eigenvalue weighted by atomic mass is 9.97. The number of nitrogens with zero attached hydrogens (tertiary/aromatic N) is 1. The summed E-state index contributed by atoms with van der Waals surface area (Å²) in [5, 5.41) is 27.9. The number of nitrogens with one attached hydrogen (secondary N) is 3. The Hall–Kier alpha value is -3.18. The minimum absolute atomic E-state index is 0.000632. The van der Waals surface area contributed by atoms with Crippen LogP contribution in [0.3, 0.4) is 0 Å². The standard InChI is InChI=1S/C27H42N4O7/c1-25(2,3)38-24(37)31-15-19(33)14-20(31)21(34)29-27(6,7)23(36)30-26(4,5)22(35)28-18(16-32)13-17-11-9-8-10-12-17/h8-12,18-20,32-33H,13-16H2,1-7H3,(H,28,35)(H,29,34)(H,30,36). The van der Waals surface area contributed by atoms with Crippen molar-refractivity contribution in [2.24, 2.45) is 0 Å². The number of benzene rings is 1. The van der Waals surface area contributed by atoms with E-state index in [0.29, 0.717) is 6.42 Å². The summed E-state index contributed by atoms with van der Waals surface area (Å²) in [6.45, 7) is 10.7. The van der Waals surface area contributed by atoms with E-state index < -0.39 is 58.7 Å². The van der Waals surface area contributed by atoms with Gasteiger partial charge in [-0.05, 0) is 60.5 Å². The fraction of sp³-hybridized carbons (Fsp3) is 0.630. The number of carbonyl (C=O) groups excluding carboxylic acids is 4. The van der Waals surface area contributed by atoms with Crippen LogP contribution < -0.4 is 16.0 Å². The van der Waals surface area contributed by atoms with Crippen molar-refractivity contribution in [3.05, 3.63) is 35.9 Å². The van der Waals surface area contributed by atoms with Crippen LogP contribution in [0.5, 0.6) is 0 Å². The number of β-amino-alcohol motifs (C(OH)–C–C–N with tert-alkyl or cyclic N) is 1. The second-order valence-electron chi connectivity index (χ2n) is 11.8. The molecule has 0 radical (unpaired) electrons. The van der Waals surface area contributed by atoms with Gasteiger partial charge >= 0.3 is 6.09 Å². The molecule has 38 heavy (non-hydrogen) atoms. The molecule has 1 fully saturated rings. The second-order valence-corrected chi connectivity index (χ2v) is 11.8. The Morgan fingerprint density at radius 3 is 2.11 bits per heavy atom. The van der Waals surface area contributed by atoms with Crippen molar-refractivity contribution in [3.63, 3.8) is 0 Å². The van der Waals surface area contributed by atoms with Gasteiger partial charge in [0.2, 0.25) is 17.7 Å². The van der Waals surface area contributed by atoms with Crippen LogP contribution in [0.4, 0.5) is 4.79 Å². The predicted molar refractivity (Wildman–Crippen MR) is 141 cm³/mol. The lowest BCUT2D eigenvalue weighted by Gasteiger charge is -2.34. The van der Waals surface area contributed by atoms with Gasteiger partial charge in [0, 0.05) is 6.42 Å². The molecule has 11 heteroatoms. The Morgan fingerprint density at radius 1 is 0.974 bits per heavy atom.